The van der Waals surface area contributed by atoms with Gasteiger partial charge >= 0.3 is 0 Å². The van der Waals surface area contributed by atoms with Gasteiger partial charge in [0.05, 0.1) is 23.6 Å². The quantitative estimate of drug-likeness (QED) is 0.419. The smallest absolute Gasteiger partial charge is 0.229 e. The van der Waals surface area contributed by atoms with E-state index in [-0.39, 0.29) is 0 Å². The Labute approximate surface area is 159 Å². The first-order valence-electron chi connectivity index (χ1n) is 8.63. The molecule has 0 amide bonds. The van der Waals surface area contributed by atoms with Crippen molar-refractivity contribution in [1.82, 2.24) is 25.1 Å². The minimum Gasteiger partial charge on any atom is -0.444 e. The predicted molar refractivity (Wildman–Crippen MR) is 107 cm³/mol. The van der Waals surface area contributed by atoms with E-state index in [0.29, 0.717) is 17.5 Å². The van der Waals surface area contributed by atoms with Crippen LogP contribution in [0.4, 0.5) is 23.1 Å². The Balaban J connectivity index is 1.39. The van der Waals surface area contributed by atoms with Crippen LogP contribution < -0.4 is 10.6 Å². The molecule has 136 valence electrons. The lowest BCUT2D eigenvalue weighted by Gasteiger charge is -2.09. The van der Waals surface area contributed by atoms with Gasteiger partial charge in [-0.1, -0.05) is 18.2 Å². The topological polar surface area (TPSA) is 105 Å². The molecule has 0 atom stereocenters. The Morgan fingerprint density at radius 2 is 1.93 bits per heavy atom. The SMILES string of the molecule is c1cc(Nc2nccc(Nc3cccc4[nH]ncc34)n2)cc(-c2cnco2)c1. The van der Waals surface area contributed by atoms with E-state index >= 15 is 0 Å². The molecule has 0 saturated heterocycles. The molecule has 5 rings (SSSR count). The van der Waals surface area contributed by atoms with Crippen LogP contribution in [0.5, 0.6) is 0 Å². The molecule has 8 heteroatoms. The number of nitrogens with zero attached hydrogens (tertiary/aromatic N) is 4. The van der Waals surface area contributed by atoms with Gasteiger partial charge in [0.25, 0.3) is 0 Å². The van der Waals surface area contributed by atoms with Crippen molar-refractivity contribution in [2.24, 2.45) is 0 Å². The Morgan fingerprint density at radius 3 is 2.86 bits per heavy atom. The van der Waals surface area contributed by atoms with Crippen LogP contribution in [0.25, 0.3) is 22.2 Å². The molecule has 0 aliphatic rings. The van der Waals surface area contributed by atoms with Crippen LogP contribution in [0.3, 0.4) is 0 Å². The van der Waals surface area contributed by atoms with E-state index in [2.05, 4.69) is 35.8 Å². The van der Waals surface area contributed by atoms with Crippen molar-refractivity contribution in [3.63, 3.8) is 0 Å². The van der Waals surface area contributed by atoms with Gasteiger partial charge in [-0.05, 0) is 30.3 Å². The molecule has 0 bridgehead atoms. The summed E-state index contributed by atoms with van der Waals surface area (Å²) in [5.41, 5.74) is 3.65. The molecule has 3 aromatic heterocycles. The summed E-state index contributed by atoms with van der Waals surface area (Å²) >= 11 is 0. The largest absolute Gasteiger partial charge is 0.444 e. The molecule has 8 nitrogen and oxygen atoms in total. The normalized spacial score (nSPS) is 10.9. The van der Waals surface area contributed by atoms with Crippen LogP contribution in [0.1, 0.15) is 0 Å². The summed E-state index contributed by atoms with van der Waals surface area (Å²) < 4.78 is 5.35. The van der Waals surface area contributed by atoms with Crippen LogP contribution in [0, 0.1) is 0 Å². The third kappa shape index (κ3) is 3.14. The van der Waals surface area contributed by atoms with E-state index in [1.807, 2.05) is 48.5 Å². The number of nitrogens with one attached hydrogen (secondary N) is 3. The van der Waals surface area contributed by atoms with Crippen LogP contribution in [-0.4, -0.2) is 25.1 Å². The number of oxazole rings is 1. The third-order valence-corrected chi connectivity index (χ3v) is 4.24. The maximum absolute atomic E-state index is 5.35. The first-order chi connectivity index (χ1) is 13.8. The Hall–Kier alpha value is -4.20. The number of aromatic amines is 1. The van der Waals surface area contributed by atoms with Gasteiger partial charge in [-0.15, -0.1) is 0 Å². The van der Waals surface area contributed by atoms with Crippen LogP contribution in [0.15, 0.2) is 77.9 Å². The number of hydrogen-bond acceptors (Lipinski definition) is 7. The first-order valence-corrected chi connectivity index (χ1v) is 8.63. The van der Waals surface area contributed by atoms with Gasteiger partial charge in [0, 0.05) is 22.8 Å². The first kappa shape index (κ1) is 16.0. The van der Waals surface area contributed by atoms with E-state index in [4.69, 9.17) is 4.42 Å². The fourth-order valence-corrected chi connectivity index (χ4v) is 2.94. The maximum Gasteiger partial charge on any atom is 0.229 e. The zero-order valence-corrected chi connectivity index (χ0v) is 14.6. The van der Waals surface area contributed by atoms with Crippen molar-refractivity contribution in [2.45, 2.75) is 0 Å². The molecule has 28 heavy (non-hydrogen) atoms. The molecule has 0 unspecified atom stereocenters. The molecule has 0 spiro atoms. The molecule has 3 N–H and O–H groups in total. The van der Waals surface area contributed by atoms with E-state index in [0.717, 1.165) is 27.8 Å². The van der Waals surface area contributed by atoms with Crippen molar-refractivity contribution in [3.05, 3.63) is 73.5 Å². The lowest BCUT2D eigenvalue weighted by atomic mass is 10.1. The molecule has 0 aliphatic carbocycles. The number of anilines is 4. The summed E-state index contributed by atoms with van der Waals surface area (Å²) in [7, 11) is 0. The van der Waals surface area contributed by atoms with Crippen molar-refractivity contribution in [3.8, 4) is 11.3 Å². The number of aromatic nitrogens is 5. The second-order valence-corrected chi connectivity index (χ2v) is 6.10. The summed E-state index contributed by atoms with van der Waals surface area (Å²) in [6.07, 6.45) is 6.57. The number of H-pyrrole nitrogens is 1. The Bertz CT molecular complexity index is 1230. The van der Waals surface area contributed by atoms with Gasteiger partial charge in [0.15, 0.2) is 12.2 Å². The number of hydrogen-bond donors (Lipinski definition) is 3. The average Bonchev–Trinajstić information content (AvgIpc) is 3.41. The fraction of sp³-hybridized carbons (Fsp3) is 0. The molecule has 5 aromatic rings. The van der Waals surface area contributed by atoms with Gasteiger partial charge in [0.2, 0.25) is 5.95 Å². The molecule has 2 aromatic carbocycles. The maximum atomic E-state index is 5.35. The minimum atomic E-state index is 0.485. The highest BCUT2D eigenvalue weighted by atomic mass is 16.3. The standard InChI is InChI=1S/C20H15N7O/c1-3-13(18-11-21-12-28-18)9-14(4-1)24-20-22-8-7-19(26-20)25-16-5-2-6-17-15(16)10-23-27-17/h1-12H,(H,23,27)(H2,22,24,25,26). The van der Waals surface area contributed by atoms with Crippen molar-refractivity contribution in [2.75, 3.05) is 10.6 Å². The van der Waals surface area contributed by atoms with Gasteiger partial charge < -0.3 is 15.1 Å². The van der Waals surface area contributed by atoms with E-state index < -0.39 is 0 Å². The Kier molecular flexibility index (Phi) is 3.91. The number of fused-ring (bicyclic) bond motifs is 1. The van der Waals surface area contributed by atoms with Crippen LogP contribution in [0.2, 0.25) is 0 Å². The highest BCUT2D eigenvalue weighted by molar-refractivity contribution is 5.92. The molecule has 0 radical (unpaired) electrons. The summed E-state index contributed by atoms with van der Waals surface area (Å²) in [4.78, 5) is 12.8. The Morgan fingerprint density at radius 1 is 0.964 bits per heavy atom. The van der Waals surface area contributed by atoms with Gasteiger partial charge in [-0.3, -0.25) is 5.10 Å². The molecular formula is C20H15N7O. The van der Waals surface area contributed by atoms with Crippen molar-refractivity contribution in [1.29, 1.82) is 0 Å². The monoisotopic (exact) mass is 369 g/mol. The van der Waals surface area contributed by atoms with E-state index in [1.54, 1.807) is 18.6 Å². The highest BCUT2D eigenvalue weighted by Gasteiger charge is 2.07. The van der Waals surface area contributed by atoms with E-state index in [1.165, 1.54) is 6.39 Å². The van der Waals surface area contributed by atoms with Gasteiger partial charge in [-0.25, -0.2) is 9.97 Å². The second-order valence-electron chi connectivity index (χ2n) is 6.10. The third-order valence-electron chi connectivity index (χ3n) is 4.24. The van der Waals surface area contributed by atoms with Crippen molar-refractivity contribution < 1.29 is 4.42 Å². The van der Waals surface area contributed by atoms with Gasteiger partial charge in [-0.2, -0.15) is 10.1 Å². The molecular weight excluding hydrogens is 354 g/mol. The minimum absolute atomic E-state index is 0.485. The zero-order valence-electron chi connectivity index (χ0n) is 14.6. The lowest BCUT2D eigenvalue weighted by Crippen LogP contribution is -2.00. The van der Waals surface area contributed by atoms with Crippen molar-refractivity contribution >= 4 is 34.0 Å². The summed E-state index contributed by atoms with van der Waals surface area (Å²) in [6.45, 7) is 0. The zero-order chi connectivity index (χ0) is 18.8. The molecule has 0 fully saturated rings. The molecule has 3 heterocycles. The highest BCUT2D eigenvalue weighted by Crippen LogP contribution is 2.26. The molecule has 0 aliphatic heterocycles. The van der Waals surface area contributed by atoms with Crippen LogP contribution in [-0.2, 0) is 0 Å². The number of benzene rings is 2. The van der Waals surface area contributed by atoms with Gasteiger partial charge in [0.1, 0.15) is 5.82 Å². The average molecular weight is 369 g/mol. The summed E-state index contributed by atoms with van der Waals surface area (Å²) in [5.74, 6) is 1.87. The summed E-state index contributed by atoms with van der Waals surface area (Å²) in [5, 5.41) is 14.6. The summed E-state index contributed by atoms with van der Waals surface area (Å²) in [6, 6.07) is 15.5. The predicted octanol–water partition coefficient (Wildman–Crippen LogP) is 4.50. The van der Waals surface area contributed by atoms with Crippen LogP contribution >= 0.6 is 0 Å². The number of rotatable bonds is 5. The van der Waals surface area contributed by atoms with E-state index in [9.17, 15) is 0 Å². The molecule has 0 saturated carbocycles. The fourth-order valence-electron chi connectivity index (χ4n) is 2.94. The second kappa shape index (κ2) is 6.84. The lowest BCUT2D eigenvalue weighted by molar-refractivity contribution is 0.572.